The van der Waals surface area contributed by atoms with E-state index in [-0.39, 0.29) is 29.2 Å². The number of aromatic nitrogens is 1. The Morgan fingerprint density at radius 3 is 2.52 bits per heavy atom. The van der Waals surface area contributed by atoms with Gasteiger partial charge in [-0.2, -0.15) is 13.2 Å². The van der Waals surface area contributed by atoms with E-state index in [1.54, 1.807) is 11.8 Å². The largest absolute Gasteiger partial charge is 0.462 e. The molecule has 10 heteroatoms. The molecule has 1 saturated heterocycles. The first kappa shape index (κ1) is 22.5. The average molecular weight is 437 g/mol. The summed E-state index contributed by atoms with van der Waals surface area (Å²) in [4.78, 5) is 30.2. The zero-order valence-electron chi connectivity index (χ0n) is 17.1. The maximum atomic E-state index is 13.7. The number of ether oxygens (including phenoxy) is 2. The highest BCUT2D eigenvalue weighted by atomic mass is 19.4. The van der Waals surface area contributed by atoms with Crippen molar-refractivity contribution < 1.29 is 32.2 Å². The summed E-state index contributed by atoms with van der Waals surface area (Å²) < 4.78 is 51.1. The Hall–Kier alpha value is -3.14. The molecule has 0 radical (unpaired) electrons. The van der Waals surface area contributed by atoms with Gasteiger partial charge in [0.2, 0.25) is 0 Å². The lowest BCUT2D eigenvalue weighted by atomic mass is 10.1. The summed E-state index contributed by atoms with van der Waals surface area (Å²) in [6.45, 7) is 5.20. The fourth-order valence-corrected chi connectivity index (χ4v) is 3.19. The number of nitrogens with one attached hydrogen (secondary N) is 1. The number of carbonyl (C=O) groups is 2. The molecular formula is C21H22F3N3O4. The smallest absolute Gasteiger partial charge is 0.418 e. The first-order chi connectivity index (χ1) is 14.7. The zero-order chi connectivity index (χ0) is 22.6. The molecule has 0 spiro atoms. The summed E-state index contributed by atoms with van der Waals surface area (Å²) in [5.74, 6) is -1.40. The summed E-state index contributed by atoms with van der Waals surface area (Å²) in [7, 11) is 0. The maximum Gasteiger partial charge on any atom is 0.418 e. The van der Waals surface area contributed by atoms with E-state index in [0.29, 0.717) is 32.0 Å². The third-order valence-electron chi connectivity index (χ3n) is 4.75. The number of esters is 1. The van der Waals surface area contributed by atoms with Crippen molar-refractivity contribution in [2.24, 2.45) is 0 Å². The minimum Gasteiger partial charge on any atom is -0.462 e. The van der Waals surface area contributed by atoms with Crippen LogP contribution in [0.1, 0.15) is 39.0 Å². The third-order valence-corrected chi connectivity index (χ3v) is 4.75. The number of alkyl halides is 3. The van der Waals surface area contributed by atoms with Gasteiger partial charge in [-0.25, -0.2) is 9.78 Å². The summed E-state index contributed by atoms with van der Waals surface area (Å²) in [5, 5.41) is 2.28. The predicted octanol–water partition coefficient (Wildman–Crippen LogP) is 3.67. The lowest BCUT2D eigenvalue weighted by Crippen LogP contribution is -2.36. The van der Waals surface area contributed by atoms with Gasteiger partial charge in [-0.1, -0.05) is 0 Å². The van der Waals surface area contributed by atoms with E-state index in [2.05, 4.69) is 10.3 Å². The molecule has 0 saturated carbocycles. The van der Waals surface area contributed by atoms with Crippen LogP contribution in [-0.4, -0.2) is 49.8 Å². The molecule has 1 aliphatic heterocycles. The molecule has 1 fully saturated rings. The van der Waals surface area contributed by atoms with E-state index in [4.69, 9.17) is 9.47 Å². The number of halogens is 3. The van der Waals surface area contributed by atoms with E-state index in [1.807, 2.05) is 0 Å². The Balaban J connectivity index is 1.85. The van der Waals surface area contributed by atoms with Gasteiger partial charge < -0.3 is 19.7 Å². The molecule has 2 heterocycles. The molecule has 0 unspecified atom stereocenters. The van der Waals surface area contributed by atoms with Crippen LogP contribution in [0.4, 0.5) is 24.5 Å². The van der Waals surface area contributed by atoms with Gasteiger partial charge in [-0.3, -0.25) is 4.79 Å². The van der Waals surface area contributed by atoms with Crippen LogP contribution >= 0.6 is 0 Å². The topological polar surface area (TPSA) is 80.8 Å². The quantitative estimate of drug-likeness (QED) is 0.719. The molecule has 7 nitrogen and oxygen atoms in total. The highest BCUT2D eigenvalue weighted by Crippen LogP contribution is 2.37. The van der Waals surface area contributed by atoms with Crippen molar-refractivity contribution in [1.29, 1.82) is 0 Å². The Morgan fingerprint density at radius 2 is 1.90 bits per heavy atom. The van der Waals surface area contributed by atoms with Gasteiger partial charge >= 0.3 is 12.1 Å². The summed E-state index contributed by atoms with van der Waals surface area (Å²) in [6, 6.07) is 6.40. The van der Waals surface area contributed by atoms with Gasteiger partial charge in [0, 0.05) is 18.8 Å². The second kappa shape index (κ2) is 9.34. The molecule has 3 rings (SSSR count). The number of benzene rings is 1. The van der Waals surface area contributed by atoms with Gasteiger partial charge in [0.1, 0.15) is 5.69 Å². The number of hydrogen-bond donors (Lipinski definition) is 1. The Morgan fingerprint density at radius 1 is 1.19 bits per heavy atom. The second-order valence-corrected chi connectivity index (χ2v) is 6.83. The molecule has 166 valence electrons. The first-order valence-electron chi connectivity index (χ1n) is 9.70. The highest BCUT2D eigenvalue weighted by molar-refractivity contribution is 6.04. The van der Waals surface area contributed by atoms with Crippen molar-refractivity contribution >= 4 is 23.3 Å². The molecular weight excluding hydrogens is 415 g/mol. The molecule has 1 amide bonds. The Kier molecular flexibility index (Phi) is 6.79. The molecule has 0 aliphatic carbocycles. The minimum atomic E-state index is -4.66. The molecule has 1 aromatic carbocycles. The van der Waals surface area contributed by atoms with E-state index in [1.165, 1.54) is 31.2 Å². The number of anilines is 2. The van der Waals surface area contributed by atoms with Crippen LogP contribution in [0.5, 0.6) is 0 Å². The number of amides is 1. The molecule has 1 N–H and O–H groups in total. The van der Waals surface area contributed by atoms with Gasteiger partial charge in [-0.05, 0) is 44.2 Å². The molecule has 31 heavy (non-hydrogen) atoms. The van der Waals surface area contributed by atoms with Crippen molar-refractivity contribution in [3.63, 3.8) is 0 Å². The number of aryl methyl sites for hydroxylation is 1. The molecule has 0 atom stereocenters. The van der Waals surface area contributed by atoms with Crippen LogP contribution < -0.4 is 10.2 Å². The Labute approximate surface area is 177 Å². The van der Waals surface area contributed by atoms with Crippen LogP contribution in [0.15, 0.2) is 30.3 Å². The summed E-state index contributed by atoms with van der Waals surface area (Å²) in [5.41, 5.74) is -0.612. The maximum absolute atomic E-state index is 13.7. The van der Waals surface area contributed by atoms with E-state index < -0.39 is 23.6 Å². The third kappa shape index (κ3) is 5.32. The minimum absolute atomic E-state index is 0.115. The second-order valence-electron chi connectivity index (χ2n) is 6.83. The van der Waals surface area contributed by atoms with Crippen LogP contribution in [0.25, 0.3) is 0 Å². The number of nitrogens with zero attached hydrogens (tertiary/aromatic N) is 2. The number of rotatable bonds is 5. The predicted molar refractivity (Wildman–Crippen MR) is 107 cm³/mol. The molecule has 0 bridgehead atoms. The fraction of sp³-hybridized carbons (Fsp3) is 0.381. The van der Waals surface area contributed by atoms with Gasteiger partial charge in [0.05, 0.1) is 42.3 Å². The number of hydrogen-bond acceptors (Lipinski definition) is 6. The molecule has 2 aromatic rings. The van der Waals surface area contributed by atoms with Crippen LogP contribution in [-0.2, 0) is 15.7 Å². The van der Waals surface area contributed by atoms with Gasteiger partial charge in [-0.15, -0.1) is 0 Å². The van der Waals surface area contributed by atoms with Gasteiger partial charge in [0.15, 0.2) is 0 Å². The van der Waals surface area contributed by atoms with Crippen molar-refractivity contribution in [3.8, 4) is 0 Å². The zero-order valence-corrected chi connectivity index (χ0v) is 17.1. The monoisotopic (exact) mass is 437 g/mol. The van der Waals surface area contributed by atoms with Crippen LogP contribution in [0.2, 0.25) is 0 Å². The Bertz CT molecular complexity index is 973. The first-order valence-corrected chi connectivity index (χ1v) is 9.70. The normalized spacial score (nSPS) is 14.3. The van der Waals surface area contributed by atoms with Crippen LogP contribution in [0, 0.1) is 6.92 Å². The lowest BCUT2D eigenvalue weighted by Gasteiger charge is -2.29. The summed E-state index contributed by atoms with van der Waals surface area (Å²) in [6.07, 6.45) is -4.66. The number of pyridine rings is 1. The van der Waals surface area contributed by atoms with Gasteiger partial charge in [0.25, 0.3) is 5.91 Å². The number of morpholine rings is 1. The number of carbonyl (C=O) groups excluding carboxylic acids is 2. The van der Waals surface area contributed by atoms with Crippen molar-refractivity contribution in [3.05, 3.63) is 52.8 Å². The van der Waals surface area contributed by atoms with Crippen LogP contribution in [0.3, 0.4) is 0 Å². The van der Waals surface area contributed by atoms with E-state index >= 15 is 0 Å². The molecule has 1 aromatic heterocycles. The lowest BCUT2D eigenvalue weighted by molar-refractivity contribution is -0.136. The van der Waals surface area contributed by atoms with E-state index in [9.17, 15) is 22.8 Å². The summed E-state index contributed by atoms with van der Waals surface area (Å²) >= 11 is 0. The average Bonchev–Trinajstić information content (AvgIpc) is 2.74. The van der Waals surface area contributed by atoms with Crippen molar-refractivity contribution in [2.75, 3.05) is 43.1 Å². The van der Waals surface area contributed by atoms with Crippen molar-refractivity contribution in [1.82, 2.24) is 4.98 Å². The fourth-order valence-electron chi connectivity index (χ4n) is 3.19. The molecule has 1 aliphatic rings. The van der Waals surface area contributed by atoms with E-state index in [0.717, 1.165) is 6.07 Å². The van der Waals surface area contributed by atoms with Crippen molar-refractivity contribution in [2.45, 2.75) is 20.0 Å². The highest BCUT2D eigenvalue weighted by Gasteiger charge is 2.35. The SMILES string of the molecule is CCOC(=O)c1ccc(C(=O)Nc2ccc(N3CCOCC3)cc2C(F)(F)F)nc1C. The standard InChI is InChI=1S/C21H22F3N3O4/c1-3-31-20(29)15-5-7-18(25-13(15)2)19(28)26-17-6-4-14(12-16(17)21(22,23)24)27-8-10-30-11-9-27/h4-7,12H,3,8-11H2,1-2H3,(H,26,28).